The molecule has 8 heteroatoms. The van der Waals surface area contributed by atoms with Crippen molar-refractivity contribution in [3.05, 3.63) is 37.0 Å². The quantitative estimate of drug-likeness (QED) is 0.636. The molecule has 3 aromatic rings. The monoisotopic (exact) mass is 317 g/mol. The van der Waals surface area contributed by atoms with E-state index >= 15 is 0 Å². The summed E-state index contributed by atoms with van der Waals surface area (Å²) in [4.78, 5) is 8.49. The lowest BCUT2D eigenvalue weighted by molar-refractivity contribution is -0.0508. The minimum Gasteiger partial charge on any atom is -0.463 e. The number of hydrogen-bond acceptors (Lipinski definition) is 7. The number of rotatable bonds is 3. The number of aliphatic hydroxyl groups excluding tert-OH is 3. The summed E-state index contributed by atoms with van der Waals surface area (Å²) in [7, 11) is 0. The minimum atomic E-state index is -1.16. The van der Waals surface area contributed by atoms with E-state index in [9.17, 15) is 15.3 Å². The maximum absolute atomic E-state index is 10.2. The van der Waals surface area contributed by atoms with Crippen LogP contribution in [0.5, 0.6) is 0 Å². The van der Waals surface area contributed by atoms with Crippen LogP contribution in [0.3, 0.4) is 0 Å². The number of fused-ring (bicyclic) bond motifs is 1. The number of nitrogens with zero attached hydrogens (tertiary/aromatic N) is 3. The number of hydrogen-bond donors (Lipinski definition) is 3. The van der Waals surface area contributed by atoms with Gasteiger partial charge in [0.2, 0.25) is 0 Å². The fraction of sp³-hybridized carbons (Fsp3) is 0.333. The third-order valence-corrected chi connectivity index (χ3v) is 4.06. The second-order valence-corrected chi connectivity index (χ2v) is 5.39. The first-order chi connectivity index (χ1) is 11.2. The van der Waals surface area contributed by atoms with Crippen LogP contribution in [0, 0.1) is 0 Å². The summed E-state index contributed by atoms with van der Waals surface area (Å²) in [6, 6.07) is 5.36. The molecule has 0 bridgehead atoms. The molecule has 1 saturated heterocycles. The number of aromatic nitrogens is 3. The normalized spacial score (nSPS) is 27.8. The molecule has 0 amide bonds. The van der Waals surface area contributed by atoms with Crippen molar-refractivity contribution in [2.45, 2.75) is 24.5 Å². The maximum atomic E-state index is 10.2. The average molecular weight is 317 g/mol. The van der Waals surface area contributed by atoms with Crippen LogP contribution < -0.4 is 0 Å². The molecule has 3 N–H and O–H groups in total. The molecule has 0 spiro atoms. The van der Waals surface area contributed by atoms with Gasteiger partial charge in [-0.1, -0.05) is 0 Å². The molecule has 0 radical (unpaired) electrons. The average Bonchev–Trinajstić information content (AvgIpc) is 3.28. The molecule has 23 heavy (non-hydrogen) atoms. The molecule has 3 aromatic heterocycles. The zero-order valence-corrected chi connectivity index (χ0v) is 12.0. The first-order valence-electron chi connectivity index (χ1n) is 7.18. The number of ether oxygens (including phenoxy) is 1. The fourth-order valence-electron chi connectivity index (χ4n) is 2.90. The smallest absolute Gasteiger partial charge is 0.164 e. The van der Waals surface area contributed by atoms with E-state index < -0.39 is 24.5 Å². The van der Waals surface area contributed by atoms with Crippen molar-refractivity contribution in [1.82, 2.24) is 14.5 Å². The van der Waals surface area contributed by atoms with E-state index in [1.165, 1.54) is 6.33 Å². The van der Waals surface area contributed by atoms with Crippen molar-refractivity contribution in [2.75, 3.05) is 6.61 Å². The number of furan rings is 1. The van der Waals surface area contributed by atoms with Crippen molar-refractivity contribution in [2.24, 2.45) is 0 Å². The predicted molar refractivity (Wildman–Crippen MR) is 78.2 cm³/mol. The van der Waals surface area contributed by atoms with Gasteiger partial charge < -0.3 is 29.0 Å². The van der Waals surface area contributed by atoms with Gasteiger partial charge in [-0.15, -0.1) is 0 Å². The first-order valence-corrected chi connectivity index (χ1v) is 7.18. The predicted octanol–water partition coefficient (Wildman–Crippen LogP) is 0.303. The van der Waals surface area contributed by atoms with Gasteiger partial charge in [0, 0.05) is 11.6 Å². The maximum Gasteiger partial charge on any atom is 0.164 e. The highest BCUT2D eigenvalue weighted by Gasteiger charge is 2.43. The Morgan fingerprint density at radius 2 is 2.04 bits per heavy atom. The van der Waals surface area contributed by atoms with Gasteiger partial charge in [-0.25, -0.2) is 9.97 Å². The van der Waals surface area contributed by atoms with Gasteiger partial charge in [-0.2, -0.15) is 0 Å². The van der Waals surface area contributed by atoms with Crippen LogP contribution in [0.2, 0.25) is 0 Å². The van der Waals surface area contributed by atoms with Crippen molar-refractivity contribution < 1.29 is 24.5 Å². The Morgan fingerprint density at radius 3 is 2.74 bits per heavy atom. The molecule has 0 saturated carbocycles. The zero-order valence-electron chi connectivity index (χ0n) is 12.0. The second kappa shape index (κ2) is 5.43. The highest BCUT2D eigenvalue weighted by molar-refractivity contribution is 5.89. The molecule has 8 nitrogen and oxygen atoms in total. The van der Waals surface area contributed by atoms with E-state index in [1.54, 1.807) is 35.2 Å². The lowest BCUT2D eigenvalue weighted by Gasteiger charge is -2.17. The molecule has 4 rings (SSSR count). The van der Waals surface area contributed by atoms with Crippen LogP contribution in [-0.4, -0.2) is 54.8 Å². The third-order valence-electron chi connectivity index (χ3n) is 4.06. The number of aliphatic hydroxyl groups is 3. The van der Waals surface area contributed by atoms with E-state index in [0.29, 0.717) is 17.1 Å². The SMILES string of the molecule is OC[C@H]1O[C@@H](n2ccc3c(-c4ccco4)ncnc32)[C@H](O)[C@@H]1O. The highest BCUT2D eigenvalue weighted by atomic mass is 16.6. The molecule has 0 unspecified atom stereocenters. The standard InChI is InChI=1S/C15H15N3O5/c19-6-10-12(20)13(21)15(23-10)18-4-3-8-11(9-2-1-5-22-9)16-7-17-14(8)18/h1-5,7,10,12-13,15,19-21H,6H2/t10-,12-,13-,15-/m1/s1. The topological polar surface area (TPSA) is 114 Å². The van der Waals surface area contributed by atoms with Gasteiger partial charge in [-0.05, 0) is 18.2 Å². The highest BCUT2D eigenvalue weighted by Crippen LogP contribution is 2.34. The Morgan fingerprint density at radius 1 is 1.17 bits per heavy atom. The Kier molecular flexibility index (Phi) is 3.38. The van der Waals surface area contributed by atoms with Crippen molar-refractivity contribution in [1.29, 1.82) is 0 Å². The second-order valence-electron chi connectivity index (χ2n) is 5.39. The van der Waals surface area contributed by atoms with E-state index in [0.717, 1.165) is 5.39 Å². The van der Waals surface area contributed by atoms with Crippen LogP contribution in [0.15, 0.2) is 41.4 Å². The molecule has 1 aliphatic rings. The Bertz CT molecular complexity index is 816. The molecule has 1 fully saturated rings. The third kappa shape index (κ3) is 2.15. The molecule has 4 atom stereocenters. The van der Waals surface area contributed by atoms with Crippen molar-refractivity contribution in [3.63, 3.8) is 0 Å². The molecule has 120 valence electrons. The van der Waals surface area contributed by atoms with Crippen LogP contribution in [0.25, 0.3) is 22.5 Å². The molecule has 4 heterocycles. The Labute approximate surface area is 130 Å². The summed E-state index contributed by atoms with van der Waals surface area (Å²) in [5.74, 6) is 0.608. The zero-order chi connectivity index (χ0) is 16.0. The minimum absolute atomic E-state index is 0.374. The summed E-state index contributed by atoms with van der Waals surface area (Å²) < 4.78 is 12.5. The van der Waals surface area contributed by atoms with Crippen LogP contribution in [-0.2, 0) is 4.74 Å². The van der Waals surface area contributed by atoms with Crippen LogP contribution >= 0.6 is 0 Å². The van der Waals surface area contributed by atoms with E-state index in [-0.39, 0.29) is 6.61 Å². The molecule has 0 aliphatic carbocycles. The summed E-state index contributed by atoms with van der Waals surface area (Å²) in [5, 5.41) is 30.0. The van der Waals surface area contributed by atoms with Gasteiger partial charge in [0.1, 0.15) is 36.0 Å². The van der Waals surface area contributed by atoms with Gasteiger partial charge in [0.05, 0.1) is 12.9 Å². The van der Waals surface area contributed by atoms with Gasteiger partial charge in [-0.3, -0.25) is 0 Å². The van der Waals surface area contributed by atoms with E-state index in [1.807, 2.05) is 0 Å². The van der Waals surface area contributed by atoms with Crippen LogP contribution in [0.4, 0.5) is 0 Å². The summed E-state index contributed by atoms with van der Waals surface area (Å²) in [6.07, 6.45) is 0.674. The summed E-state index contributed by atoms with van der Waals surface area (Å²) in [6.45, 7) is -0.374. The Balaban J connectivity index is 1.80. The molecular formula is C15H15N3O5. The van der Waals surface area contributed by atoms with Crippen LogP contribution in [0.1, 0.15) is 6.23 Å². The Hall–Kier alpha value is -2.26. The fourth-order valence-corrected chi connectivity index (χ4v) is 2.90. The summed E-state index contributed by atoms with van der Waals surface area (Å²) >= 11 is 0. The van der Waals surface area contributed by atoms with E-state index in [2.05, 4.69) is 9.97 Å². The van der Waals surface area contributed by atoms with Crippen molar-refractivity contribution in [3.8, 4) is 11.5 Å². The van der Waals surface area contributed by atoms with Gasteiger partial charge in [0.15, 0.2) is 12.0 Å². The lowest BCUT2D eigenvalue weighted by Crippen LogP contribution is -2.33. The largest absolute Gasteiger partial charge is 0.463 e. The molecule has 1 aliphatic heterocycles. The van der Waals surface area contributed by atoms with Gasteiger partial charge >= 0.3 is 0 Å². The van der Waals surface area contributed by atoms with Gasteiger partial charge in [0.25, 0.3) is 0 Å². The lowest BCUT2D eigenvalue weighted by atomic mass is 10.1. The van der Waals surface area contributed by atoms with E-state index in [4.69, 9.17) is 9.15 Å². The molecular weight excluding hydrogens is 302 g/mol. The molecule has 0 aromatic carbocycles. The summed E-state index contributed by atoms with van der Waals surface area (Å²) in [5.41, 5.74) is 1.17. The van der Waals surface area contributed by atoms with Crippen molar-refractivity contribution >= 4 is 11.0 Å². The first kappa shape index (κ1) is 14.3.